The lowest BCUT2D eigenvalue weighted by Gasteiger charge is -2.01. The summed E-state index contributed by atoms with van der Waals surface area (Å²) >= 11 is 1.73. The molecule has 0 bridgehead atoms. The van der Waals surface area contributed by atoms with Gasteiger partial charge in [0.05, 0.1) is 17.8 Å². The number of benzene rings is 1. The van der Waals surface area contributed by atoms with Crippen LogP contribution in [0, 0.1) is 13.8 Å². The van der Waals surface area contributed by atoms with E-state index in [4.69, 9.17) is 4.74 Å². The molecule has 4 heteroatoms. The molecule has 0 fully saturated rings. The van der Waals surface area contributed by atoms with Crippen LogP contribution in [0.3, 0.4) is 0 Å². The first-order valence-corrected chi connectivity index (χ1v) is 5.61. The average molecular weight is 299 g/mol. The third-order valence-corrected chi connectivity index (χ3v) is 3.15. The second kappa shape index (κ2) is 5.46. The summed E-state index contributed by atoms with van der Waals surface area (Å²) in [5.74, 6) is 0.878. The van der Waals surface area contributed by atoms with Gasteiger partial charge >= 0.3 is 0 Å². The van der Waals surface area contributed by atoms with E-state index in [1.807, 2.05) is 31.2 Å². The van der Waals surface area contributed by atoms with Gasteiger partial charge in [0.1, 0.15) is 5.75 Å². The molecule has 0 amide bonds. The highest BCUT2D eigenvalue weighted by Gasteiger charge is 2.06. The van der Waals surface area contributed by atoms with Crippen LogP contribution in [0.2, 0.25) is 0 Å². The van der Waals surface area contributed by atoms with Crippen molar-refractivity contribution in [3.05, 3.63) is 34.2 Å². The molecule has 86 valence electrons. The first kappa shape index (κ1) is 13.2. The molecule has 0 saturated heterocycles. The second-order valence-electron chi connectivity index (χ2n) is 3.37. The van der Waals surface area contributed by atoms with E-state index in [1.54, 1.807) is 18.4 Å². The smallest absolute Gasteiger partial charge is 0.118 e. The minimum absolute atomic E-state index is 0. The Kier molecular flexibility index (Phi) is 4.50. The summed E-state index contributed by atoms with van der Waals surface area (Å²) in [5, 5.41) is 1.11. The first-order chi connectivity index (χ1) is 7.20. The van der Waals surface area contributed by atoms with Crippen LogP contribution >= 0.6 is 11.3 Å². The Hall–Kier alpha value is -0.870. The molecule has 2 aromatic rings. The Balaban J connectivity index is 0.00000128. The summed E-state index contributed by atoms with van der Waals surface area (Å²) in [4.78, 5) is 5.78. The van der Waals surface area contributed by atoms with Crippen LogP contribution in [0.1, 0.15) is 9.88 Å². The molecular weight excluding hydrogens is 286 g/mol. The number of rotatable bonds is 2. The van der Waals surface area contributed by atoms with Crippen molar-refractivity contribution >= 4 is 11.3 Å². The predicted molar refractivity (Wildman–Crippen MR) is 63.6 cm³/mol. The maximum Gasteiger partial charge on any atom is 0.118 e. The lowest BCUT2D eigenvalue weighted by molar-refractivity contribution is -0.00000346. The van der Waals surface area contributed by atoms with E-state index in [2.05, 4.69) is 11.9 Å². The SMILES string of the molecule is COc1ccc(-c2nc(C)sc2C)cc1.[Br-]. The predicted octanol–water partition coefficient (Wildman–Crippen LogP) is 0.440. The minimum atomic E-state index is 0. The number of thiazole rings is 1. The van der Waals surface area contributed by atoms with Crippen LogP contribution in [-0.4, -0.2) is 12.1 Å². The number of halogens is 1. The Morgan fingerprint density at radius 3 is 2.19 bits per heavy atom. The van der Waals surface area contributed by atoms with E-state index in [0.717, 1.165) is 22.0 Å². The van der Waals surface area contributed by atoms with E-state index in [9.17, 15) is 0 Å². The molecule has 0 atom stereocenters. The molecule has 0 unspecified atom stereocenters. The molecule has 0 aliphatic rings. The third-order valence-electron chi connectivity index (χ3n) is 2.27. The van der Waals surface area contributed by atoms with Gasteiger partial charge in [-0.25, -0.2) is 4.98 Å². The fraction of sp³-hybridized carbons (Fsp3) is 0.250. The molecule has 2 rings (SSSR count). The largest absolute Gasteiger partial charge is 1.00 e. The van der Waals surface area contributed by atoms with E-state index in [-0.39, 0.29) is 17.0 Å². The van der Waals surface area contributed by atoms with Crippen molar-refractivity contribution in [1.29, 1.82) is 0 Å². The highest BCUT2D eigenvalue weighted by Crippen LogP contribution is 2.28. The van der Waals surface area contributed by atoms with Crippen molar-refractivity contribution in [1.82, 2.24) is 4.98 Å². The number of aryl methyl sites for hydroxylation is 2. The zero-order chi connectivity index (χ0) is 10.8. The number of hydrogen-bond donors (Lipinski definition) is 0. The lowest BCUT2D eigenvalue weighted by atomic mass is 10.1. The minimum Gasteiger partial charge on any atom is -1.00 e. The van der Waals surface area contributed by atoms with Crippen molar-refractivity contribution in [2.24, 2.45) is 0 Å². The van der Waals surface area contributed by atoms with Crippen molar-refractivity contribution in [2.45, 2.75) is 13.8 Å². The normalized spacial score (nSPS) is 9.69. The Morgan fingerprint density at radius 1 is 1.12 bits per heavy atom. The molecule has 0 saturated carbocycles. The molecule has 16 heavy (non-hydrogen) atoms. The van der Waals surface area contributed by atoms with Crippen LogP contribution in [0.25, 0.3) is 11.3 Å². The summed E-state index contributed by atoms with van der Waals surface area (Å²) in [5.41, 5.74) is 2.23. The van der Waals surface area contributed by atoms with Gasteiger partial charge in [0, 0.05) is 10.4 Å². The topological polar surface area (TPSA) is 22.1 Å². The van der Waals surface area contributed by atoms with Crippen LogP contribution in [0.4, 0.5) is 0 Å². The Bertz CT molecular complexity index is 464. The summed E-state index contributed by atoms with van der Waals surface area (Å²) in [6.07, 6.45) is 0. The molecule has 0 aliphatic carbocycles. The van der Waals surface area contributed by atoms with Gasteiger partial charge < -0.3 is 21.7 Å². The van der Waals surface area contributed by atoms with E-state index in [1.165, 1.54) is 4.88 Å². The monoisotopic (exact) mass is 298 g/mol. The number of ether oxygens (including phenoxy) is 1. The molecule has 1 aromatic carbocycles. The summed E-state index contributed by atoms with van der Waals surface area (Å²) in [6.45, 7) is 4.13. The fourth-order valence-electron chi connectivity index (χ4n) is 1.55. The summed E-state index contributed by atoms with van der Waals surface area (Å²) in [6, 6.07) is 8.01. The molecule has 1 heterocycles. The molecule has 1 aromatic heterocycles. The van der Waals surface area contributed by atoms with E-state index < -0.39 is 0 Å². The molecule has 0 radical (unpaired) electrons. The third kappa shape index (κ3) is 2.62. The van der Waals surface area contributed by atoms with Gasteiger partial charge in [-0.2, -0.15) is 0 Å². The van der Waals surface area contributed by atoms with E-state index in [0.29, 0.717) is 0 Å². The van der Waals surface area contributed by atoms with Crippen LogP contribution in [-0.2, 0) is 0 Å². The quantitative estimate of drug-likeness (QED) is 0.803. The highest BCUT2D eigenvalue weighted by molar-refractivity contribution is 7.11. The number of nitrogens with zero attached hydrogens (tertiary/aromatic N) is 1. The highest BCUT2D eigenvalue weighted by atomic mass is 79.9. The maximum absolute atomic E-state index is 5.12. The van der Waals surface area contributed by atoms with Crippen molar-refractivity contribution < 1.29 is 21.7 Å². The average Bonchev–Trinajstić information content (AvgIpc) is 2.58. The number of aromatic nitrogens is 1. The summed E-state index contributed by atoms with van der Waals surface area (Å²) in [7, 11) is 1.67. The van der Waals surface area contributed by atoms with Gasteiger partial charge in [0.15, 0.2) is 0 Å². The molecule has 2 nitrogen and oxygen atoms in total. The fourth-order valence-corrected chi connectivity index (χ4v) is 2.39. The lowest BCUT2D eigenvalue weighted by Crippen LogP contribution is -3.00. The second-order valence-corrected chi connectivity index (χ2v) is 4.77. The molecule has 0 spiro atoms. The van der Waals surface area contributed by atoms with Crippen molar-refractivity contribution in [3.63, 3.8) is 0 Å². The Labute approximate surface area is 110 Å². The van der Waals surface area contributed by atoms with Crippen LogP contribution in [0.5, 0.6) is 5.75 Å². The molecule has 0 N–H and O–H groups in total. The molecule has 0 aliphatic heterocycles. The standard InChI is InChI=1S/C12H13NOS.BrH/c1-8-12(13-9(2)15-8)10-4-6-11(14-3)7-5-10;/h4-7H,1-3H3;1H/p-1. The van der Waals surface area contributed by atoms with Gasteiger partial charge in [-0.3, -0.25) is 0 Å². The van der Waals surface area contributed by atoms with Gasteiger partial charge in [-0.05, 0) is 38.1 Å². The van der Waals surface area contributed by atoms with Crippen molar-refractivity contribution in [3.8, 4) is 17.0 Å². The van der Waals surface area contributed by atoms with Gasteiger partial charge in [0.25, 0.3) is 0 Å². The van der Waals surface area contributed by atoms with Gasteiger partial charge in [0.2, 0.25) is 0 Å². The Morgan fingerprint density at radius 2 is 1.75 bits per heavy atom. The zero-order valence-electron chi connectivity index (χ0n) is 9.45. The van der Waals surface area contributed by atoms with Crippen LogP contribution < -0.4 is 21.7 Å². The summed E-state index contributed by atoms with van der Waals surface area (Å²) < 4.78 is 5.12. The van der Waals surface area contributed by atoms with Gasteiger partial charge in [-0.1, -0.05) is 0 Å². The number of methoxy groups -OCH3 is 1. The first-order valence-electron chi connectivity index (χ1n) is 4.79. The maximum atomic E-state index is 5.12. The molecular formula is C12H13BrNOS-. The van der Waals surface area contributed by atoms with Gasteiger partial charge in [-0.15, -0.1) is 11.3 Å². The van der Waals surface area contributed by atoms with Crippen molar-refractivity contribution in [2.75, 3.05) is 7.11 Å². The number of hydrogen-bond acceptors (Lipinski definition) is 3. The van der Waals surface area contributed by atoms with E-state index >= 15 is 0 Å². The zero-order valence-corrected chi connectivity index (χ0v) is 11.9. The van der Waals surface area contributed by atoms with Crippen LogP contribution in [0.15, 0.2) is 24.3 Å².